The molecule has 0 unspecified atom stereocenters. The van der Waals surface area contributed by atoms with Crippen LogP contribution in [0.25, 0.3) is 16.7 Å². The first-order valence-corrected chi connectivity index (χ1v) is 7.50. The summed E-state index contributed by atoms with van der Waals surface area (Å²) in [4.78, 5) is 4.55. The van der Waals surface area contributed by atoms with Crippen molar-refractivity contribution in [2.24, 2.45) is 0 Å². The second-order valence-corrected chi connectivity index (χ2v) is 5.71. The van der Waals surface area contributed by atoms with Crippen LogP contribution >= 0.6 is 27.5 Å². The summed E-state index contributed by atoms with van der Waals surface area (Å²) in [6, 6.07) is 12.4. The highest BCUT2D eigenvalue weighted by Crippen LogP contribution is 2.24. The van der Waals surface area contributed by atoms with E-state index in [1.165, 1.54) is 12.1 Å². The van der Waals surface area contributed by atoms with Gasteiger partial charge in [-0.1, -0.05) is 22.0 Å². The van der Waals surface area contributed by atoms with Gasteiger partial charge in [0.25, 0.3) is 0 Å². The summed E-state index contributed by atoms with van der Waals surface area (Å²) in [6.45, 7) is 0. The lowest BCUT2D eigenvalue weighted by atomic mass is 10.2. The van der Waals surface area contributed by atoms with Crippen molar-refractivity contribution in [1.29, 1.82) is 0 Å². The molecule has 0 radical (unpaired) electrons. The number of alkyl halides is 1. The molecule has 2 nitrogen and oxygen atoms in total. The van der Waals surface area contributed by atoms with Gasteiger partial charge < -0.3 is 0 Å². The molecule has 0 fully saturated rings. The molecule has 0 saturated carbocycles. The van der Waals surface area contributed by atoms with Crippen molar-refractivity contribution in [3.63, 3.8) is 0 Å². The Morgan fingerprint density at radius 3 is 2.80 bits per heavy atom. The molecule has 20 heavy (non-hydrogen) atoms. The van der Waals surface area contributed by atoms with E-state index < -0.39 is 0 Å². The van der Waals surface area contributed by atoms with Gasteiger partial charge in [0.1, 0.15) is 11.6 Å². The van der Waals surface area contributed by atoms with Crippen LogP contribution in [0.3, 0.4) is 0 Å². The maximum absolute atomic E-state index is 13.5. The molecular formula is C15H11BrClFN2. The molecule has 0 atom stereocenters. The minimum atomic E-state index is -0.272. The highest BCUT2D eigenvalue weighted by atomic mass is 79.9. The quantitative estimate of drug-likeness (QED) is 0.624. The Morgan fingerprint density at radius 2 is 2.05 bits per heavy atom. The number of rotatable bonds is 3. The molecule has 0 saturated heterocycles. The smallest absolute Gasteiger partial charge is 0.125 e. The molecule has 0 amide bonds. The van der Waals surface area contributed by atoms with Crippen LogP contribution in [0, 0.1) is 5.82 Å². The average molecular weight is 354 g/mol. The van der Waals surface area contributed by atoms with E-state index in [1.54, 1.807) is 6.07 Å². The molecule has 0 bridgehead atoms. The van der Waals surface area contributed by atoms with Crippen molar-refractivity contribution in [1.82, 2.24) is 9.55 Å². The highest BCUT2D eigenvalue weighted by Gasteiger charge is 2.13. The van der Waals surface area contributed by atoms with Crippen molar-refractivity contribution in [2.45, 2.75) is 6.42 Å². The number of fused-ring (bicyclic) bond motifs is 1. The normalized spacial score (nSPS) is 11.2. The minimum Gasteiger partial charge on any atom is -0.296 e. The van der Waals surface area contributed by atoms with Gasteiger partial charge in [0.2, 0.25) is 0 Å². The molecular weight excluding hydrogens is 343 g/mol. The maximum Gasteiger partial charge on any atom is 0.125 e. The molecule has 0 aliphatic carbocycles. The lowest BCUT2D eigenvalue weighted by molar-refractivity contribution is 0.629. The predicted octanol–water partition coefficient (Wildman–Crippen LogP) is 4.71. The van der Waals surface area contributed by atoms with E-state index in [-0.39, 0.29) is 5.82 Å². The summed E-state index contributed by atoms with van der Waals surface area (Å²) in [5, 5.41) is 0. The van der Waals surface area contributed by atoms with Crippen molar-refractivity contribution in [3.8, 4) is 5.69 Å². The summed E-state index contributed by atoms with van der Waals surface area (Å²) < 4.78 is 16.4. The molecule has 0 aliphatic rings. The Labute approximate surface area is 129 Å². The first-order valence-electron chi connectivity index (χ1n) is 6.18. The van der Waals surface area contributed by atoms with E-state index in [9.17, 15) is 4.39 Å². The van der Waals surface area contributed by atoms with Gasteiger partial charge in [-0.3, -0.25) is 4.57 Å². The lowest BCUT2D eigenvalue weighted by Gasteiger charge is -2.09. The van der Waals surface area contributed by atoms with Gasteiger partial charge in [-0.2, -0.15) is 0 Å². The minimum absolute atomic E-state index is 0.272. The van der Waals surface area contributed by atoms with Gasteiger partial charge in [-0.05, 0) is 30.3 Å². The van der Waals surface area contributed by atoms with Crippen molar-refractivity contribution >= 4 is 38.6 Å². The molecule has 5 heteroatoms. The number of halogens is 3. The van der Waals surface area contributed by atoms with Crippen LogP contribution in [0.2, 0.25) is 0 Å². The molecule has 0 N–H and O–H groups in total. The van der Waals surface area contributed by atoms with E-state index in [4.69, 9.17) is 11.6 Å². The van der Waals surface area contributed by atoms with Crippen LogP contribution in [0.4, 0.5) is 4.39 Å². The van der Waals surface area contributed by atoms with Crippen LogP contribution < -0.4 is 0 Å². The fourth-order valence-corrected chi connectivity index (χ4v) is 2.81. The number of hydrogen-bond donors (Lipinski definition) is 0. The third kappa shape index (κ3) is 2.45. The van der Waals surface area contributed by atoms with Gasteiger partial charge in [0.05, 0.1) is 11.0 Å². The standard InChI is InChI=1S/C15H11BrClFN2/c16-10-2-1-3-12(8-10)20-14-9-11(18)4-5-13(14)19-15(20)6-7-17/h1-5,8-9H,6-7H2. The van der Waals surface area contributed by atoms with Crippen LogP contribution in [0.5, 0.6) is 0 Å². The van der Waals surface area contributed by atoms with E-state index in [2.05, 4.69) is 20.9 Å². The Kier molecular flexibility index (Phi) is 3.76. The molecule has 3 rings (SSSR count). The van der Waals surface area contributed by atoms with Gasteiger partial charge in [0, 0.05) is 28.5 Å². The molecule has 1 heterocycles. The monoisotopic (exact) mass is 352 g/mol. The second kappa shape index (κ2) is 5.54. The summed E-state index contributed by atoms with van der Waals surface area (Å²) in [5.41, 5.74) is 2.46. The summed E-state index contributed by atoms with van der Waals surface area (Å²) >= 11 is 9.30. The van der Waals surface area contributed by atoms with E-state index >= 15 is 0 Å². The fraction of sp³-hybridized carbons (Fsp3) is 0.133. The van der Waals surface area contributed by atoms with Crippen LogP contribution in [0.1, 0.15) is 5.82 Å². The fourth-order valence-electron chi connectivity index (χ4n) is 2.25. The Morgan fingerprint density at radius 1 is 1.20 bits per heavy atom. The molecule has 0 aliphatic heterocycles. The number of benzene rings is 2. The predicted molar refractivity (Wildman–Crippen MR) is 83.2 cm³/mol. The van der Waals surface area contributed by atoms with Gasteiger partial charge in [-0.25, -0.2) is 9.37 Å². The van der Waals surface area contributed by atoms with Crippen LogP contribution in [-0.4, -0.2) is 15.4 Å². The molecule has 1 aromatic heterocycles. The second-order valence-electron chi connectivity index (χ2n) is 4.42. The zero-order valence-corrected chi connectivity index (χ0v) is 12.8. The van der Waals surface area contributed by atoms with Crippen LogP contribution in [-0.2, 0) is 6.42 Å². The van der Waals surface area contributed by atoms with Gasteiger partial charge in [0.15, 0.2) is 0 Å². The number of imidazole rings is 1. The average Bonchev–Trinajstić information content (AvgIpc) is 2.76. The van der Waals surface area contributed by atoms with Crippen molar-refractivity contribution in [2.75, 3.05) is 5.88 Å². The Bertz CT molecular complexity index is 770. The molecule has 102 valence electrons. The Hall–Kier alpha value is -1.39. The first kappa shape index (κ1) is 13.6. The third-order valence-electron chi connectivity index (χ3n) is 3.07. The van der Waals surface area contributed by atoms with E-state index in [0.29, 0.717) is 12.3 Å². The third-order valence-corrected chi connectivity index (χ3v) is 3.75. The Balaban J connectivity index is 2.30. The molecule has 2 aromatic carbocycles. The van der Waals surface area contributed by atoms with Crippen molar-refractivity contribution < 1.29 is 4.39 Å². The SMILES string of the molecule is Fc1ccc2nc(CCCl)n(-c3cccc(Br)c3)c2c1. The summed E-state index contributed by atoms with van der Waals surface area (Å²) in [5.74, 6) is 1.03. The lowest BCUT2D eigenvalue weighted by Crippen LogP contribution is -2.02. The largest absolute Gasteiger partial charge is 0.296 e. The van der Waals surface area contributed by atoms with Crippen molar-refractivity contribution in [3.05, 3.63) is 58.6 Å². The first-order chi connectivity index (χ1) is 9.69. The highest BCUT2D eigenvalue weighted by molar-refractivity contribution is 9.10. The number of aryl methyl sites for hydroxylation is 1. The summed E-state index contributed by atoms with van der Waals surface area (Å²) in [7, 11) is 0. The topological polar surface area (TPSA) is 17.8 Å². The summed E-state index contributed by atoms with van der Waals surface area (Å²) in [6.07, 6.45) is 0.629. The van der Waals surface area contributed by atoms with E-state index in [0.717, 1.165) is 27.0 Å². The zero-order valence-electron chi connectivity index (χ0n) is 10.5. The van der Waals surface area contributed by atoms with Crippen LogP contribution in [0.15, 0.2) is 46.9 Å². The zero-order chi connectivity index (χ0) is 14.1. The molecule has 3 aromatic rings. The number of aromatic nitrogens is 2. The molecule has 0 spiro atoms. The number of nitrogens with zero attached hydrogens (tertiary/aromatic N) is 2. The van der Waals surface area contributed by atoms with Gasteiger partial charge in [-0.15, -0.1) is 11.6 Å². The maximum atomic E-state index is 13.5. The van der Waals surface area contributed by atoms with Gasteiger partial charge >= 0.3 is 0 Å². The van der Waals surface area contributed by atoms with E-state index in [1.807, 2.05) is 28.8 Å². The number of hydrogen-bond acceptors (Lipinski definition) is 1.